The van der Waals surface area contributed by atoms with Crippen LogP contribution in [-0.2, 0) is 0 Å². The van der Waals surface area contributed by atoms with Gasteiger partial charge in [-0.1, -0.05) is 0 Å². The Labute approximate surface area is 60.7 Å². The van der Waals surface area contributed by atoms with Crippen LogP contribution in [0.25, 0.3) is 0 Å². The topological polar surface area (TPSA) is 3.24 Å². The summed E-state index contributed by atoms with van der Waals surface area (Å²) in [6.45, 7) is 1.27. The fourth-order valence-corrected chi connectivity index (χ4v) is 0.929. The minimum absolute atomic E-state index is 1.27. The predicted molar refractivity (Wildman–Crippen MR) is 33.7 cm³/mol. The third-order valence-electron chi connectivity index (χ3n) is 0.809. The van der Waals surface area contributed by atoms with Crippen LogP contribution in [-0.4, -0.2) is 49.9 Å². The van der Waals surface area contributed by atoms with Gasteiger partial charge in [0.05, 0.1) is 0 Å². The molecule has 0 unspecified atom stereocenters. The third kappa shape index (κ3) is 6.83. The van der Waals surface area contributed by atoms with E-state index in [9.17, 15) is 0 Å². The van der Waals surface area contributed by atoms with E-state index in [4.69, 9.17) is 0 Å². The Morgan fingerprint density at radius 3 is 2.14 bits per heavy atom. The minimum atomic E-state index is 1.27. The van der Waals surface area contributed by atoms with Gasteiger partial charge in [0.2, 0.25) is 0 Å². The fraction of sp³-hybridized carbons (Fsp3) is 1.00. The van der Waals surface area contributed by atoms with E-state index in [1.54, 1.807) is 0 Å². The van der Waals surface area contributed by atoms with Crippen LogP contribution in [0.15, 0.2) is 0 Å². The van der Waals surface area contributed by atoms with Crippen molar-refractivity contribution in [3.63, 3.8) is 0 Å². The van der Waals surface area contributed by atoms with Gasteiger partial charge in [0.25, 0.3) is 0 Å². The zero-order chi connectivity index (χ0) is 5.70. The molecule has 0 N–H and O–H groups in total. The molecule has 7 heavy (non-hydrogen) atoms. The van der Waals surface area contributed by atoms with Crippen LogP contribution in [0.4, 0.5) is 0 Å². The van der Waals surface area contributed by atoms with Crippen molar-refractivity contribution in [2.24, 2.45) is 0 Å². The summed E-state index contributed by atoms with van der Waals surface area (Å²) in [5.41, 5.74) is 0. The summed E-state index contributed by atoms with van der Waals surface area (Å²) in [4.78, 5) is 2.23. The normalized spacial score (nSPS) is 10.1. The fourth-order valence-electron chi connectivity index (χ4n) is 0.408. The van der Waals surface area contributed by atoms with E-state index < -0.39 is 0 Å². The summed E-state index contributed by atoms with van der Waals surface area (Å²) < 4.78 is 1.43. The second-order valence-electron chi connectivity index (χ2n) is 1.95. The van der Waals surface area contributed by atoms with Crippen molar-refractivity contribution in [2.45, 2.75) is 10.6 Å². The van der Waals surface area contributed by atoms with E-state index >= 15 is 0 Å². The number of nitrogens with zero attached hydrogens (tertiary/aromatic N) is 1. The molecule has 0 aliphatic heterocycles. The SMILES string of the molecule is CN(C)CC[CH2][In]. The summed E-state index contributed by atoms with van der Waals surface area (Å²) in [6, 6.07) is 0. The molecule has 0 heterocycles. The first kappa shape index (κ1) is 7.83. The summed E-state index contributed by atoms with van der Waals surface area (Å²) in [7, 11) is 4.24. The molecule has 0 fully saturated rings. The Balaban J connectivity index is 2.68. The van der Waals surface area contributed by atoms with Gasteiger partial charge in [0, 0.05) is 0 Å². The summed E-state index contributed by atoms with van der Waals surface area (Å²) in [6.07, 6.45) is 1.38. The second kappa shape index (κ2) is 4.98. The van der Waals surface area contributed by atoms with Crippen LogP contribution < -0.4 is 0 Å². The molecule has 40 valence electrons. The summed E-state index contributed by atoms with van der Waals surface area (Å²) in [5.74, 6) is 0. The Morgan fingerprint density at radius 2 is 2.00 bits per heavy atom. The van der Waals surface area contributed by atoms with Crippen LogP contribution in [0.1, 0.15) is 6.42 Å². The molecule has 0 saturated carbocycles. The third-order valence-corrected chi connectivity index (χ3v) is 1.97. The first-order valence-corrected chi connectivity index (χ1v) is 4.95. The van der Waals surface area contributed by atoms with Crippen molar-refractivity contribution < 1.29 is 0 Å². The predicted octanol–water partition coefficient (Wildman–Crippen LogP) is 0.525. The molecule has 2 heteroatoms. The second-order valence-corrected chi connectivity index (χ2v) is 3.59. The molecule has 0 aliphatic rings. The Kier molecular flexibility index (Phi) is 5.57. The van der Waals surface area contributed by atoms with Gasteiger partial charge in [-0.05, 0) is 0 Å². The van der Waals surface area contributed by atoms with Gasteiger partial charge in [-0.25, -0.2) is 0 Å². The molecule has 0 aromatic rings. The van der Waals surface area contributed by atoms with E-state index in [1.807, 2.05) is 0 Å². The molecule has 2 radical (unpaired) electrons. The summed E-state index contributed by atoms with van der Waals surface area (Å²) >= 11 is 1.42. The van der Waals surface area contributed by atoms with Crippen molar-refractivity contribution in [1.29, 1.82) is 0 Å². The van der Waals surface area contributed by atoms with E-state index in [-0.39, 0.29) is 0 Å². The van der Waals surface area contributed by atoms with Crippen molar-refractivity contribution in [2.75, 3.05) is 20.6 Å². The van der Waals surface area contributed by atoms with Crippen LogP contribution in [0.2, 0.25) is 4.18 Å². The molecule has 0 atom stereocenters. The first-order chi connectivity index (χ1) is 3.27. The zero-order valence-electron chi connectivity index (χ0n) is 5.15. The van der Waals surface area contributed by atoms with Crippen molar-refractivity contribution in [3.05, 3.63) is 0 Å². The van der Waals surface area contributed by atoms with Crippen molar-refractivity contribution in [1.82, 2.24) is 4.90 Å². The van der Waals surface area contributed by atoms with E-state index in [0.717, 1.165) is 0 Å². The number of hydrogen-bond acceptors (Lipinski definition) is 1. The number of rotatable bonds is 3. The summed E-state index contributed by atoms with van der Waals surface area (Å²) in [5, 5.41) is 0. The van der Waals surface area contributed by atoms with Gasteiger partial charge in [0.1, 0.15) is 0 Å². The van der Waals surface area contributed by atoms with Crippen molar-refractivity contribution in [3.8, 4) is 0 Å². The molecule has 0 saturated heterocycles. The van der Waals surface area contributed by atoms with Gasteiger partial charge in [-0.2, -0.15) is 0 Å². The zero-order valence-corrected chi connectivity index (χ0v) is 8.44. The molecule has 0 aromatic carbocycles. The molecule has 0 aromatic heterocycles. The van der Waals surface area contributed by atoms with Gasteiger partial charge >= 0.3 is 60.5 Å². The van der Waals surface area contributed by atoms with E-state index in [2.05, 4.69) is 19.0 Å². The van der Waals surface area contributed by atoms with Gasteiger partial charge in [-0.15, -0.1) is 0 Å². The monoisotopic (exact) mass is 201 g/mol. The van der Waals surface area contributed by atoms with Crippen LogP contribution in [0, 0.1) is 0 Å². The van der Waals surface area contributed by atoms with Gasteiger partial charge in [0.15, 0.2) is 0 Å². The van der Waals surface area contributed by atoms with Gasteiger partial charge < -0.3 is 0 Å². The van der Waals surface area contributed by atoms with Crippen molar-refractivity contribution >= 4 is 24.4 Å². The van der Waals surface area contributed by atoms with E-state index in [0.29, 0.717) is 0 Å². The Morgan fingerprint density at radius 1 is 1.43 bits per heavy atom. The molecule has 0 rings (SSSR count). The Hall–Kier alpha value is 0.830. The molecule has 0 aliphatic carbocycles. The molecular formula is C5H12InN. The Bertz CT molecular complexity index is 37.1. The molecule has 0 bridgehead atoms. The first-order valence-electron chi connectivity index (χ1n) is 2.62. The maximum absolute atomic E-state index is 2.23. The van der Waals surface area contributed by atoms with Crippen LogP contribution >= 0.6 is 0 Å². The molecule has 0 spiro atoms. The standard InChI is InChI=1S/C5H12N.In/c1-4-5-6(2)3;/h1,4-5H2,2-3H3;. The molecule has 0 amide bonds. The molecule has 1 nitrogen and oxygen atoms in total. The number of hydrogen-bond donors (Lipinski definition) is 0. The maximum atomic E-state index is 2.23. The quantitative estimate of drug-likeness (QED) is 0.643. The van der Waals surface area contributed by atoms with Crippen LogP contribution in [0.3, 0.4) is 0 Å². The van der Waals surface area contributed by atoms with E-state index in [1.165, 1.54) is 41.5 Å². The van der Waals surface area contributed by atoms with Crippen LogP contribution in [0.5, 0.6) is 0 Å². The average molecular weight is 201 g/mol. The average Bonchev–Trinajstić information content (AvgIpc) is 1.61. The molecular weight excluding hydrogens is 189 g/mol. The van der Waals surface area contributed by atoms with Gasteiger partial charge in [-0.3, -0.25) is 0 Å².